The van der Waals surface area contributed by atoms with E-state index in [1.165, 1.54) is 0 Å². The summed E-state index contributed by atoms with van der Waals surface area (Å²) < 4.78 is 5.46. The summed E-state index contributed by atoms with van der Waals surface area (Å²) in [5, 5.41) is 0. The zero-order valence-electron chi connectivity index (χ0n) is 12.2. The van der Waals surface area contributed by atoms with E-state index < -0.39 is 5.60 Å². The zero-order valence-corrected chi connectivity index (χ0v) is 12.2. The lowest BCUT2D eigenvalue weighted by Crippen LogP contribution is -2.50. The van der Waals surface area contributed by atoms with Crippen molar-refractivity contribution >= 4 is 6.09 Å². The van der Waals surface area contributed by atoms with E-state index in [9.17, 15) is 4.79 Å². The highest BCUT2D eigenvalue weighted by atomic mass is 16.6. The molecule has 0 radical (unpaired) electrons. The van der Waals surface area contributed by atoms with Gasteiger partial charge in [-0.3, -0.25) is 9.80 Å². The van der Waals surface area contributed by atoms with Crippen molar-refractivity contribution in [2.45, 2.75) is 53.3 Å². The molecule has 4 nitrogen and oxygen atoms in total. The van der Waals surface area contributed by atoms with E-state index in [1.807, 2.05) is 25.7 Å². The van der Waals surface area contributed by atoms with Crippen molar-refractivity contribution in [3.05, 3.63) is 0 Å². The van der Waals surface area contributed by atoms with Crippen molar-refractivity contribution in [3.63, 3.8) is 0 Å². The average molecular weight is 242 g/mol. The van der Waals surface area contributed by atoms with Crippen molar-refractivity contribution in [1.29, 1.82) is 0 Å². The summed E-state index contributed by atoms with van der Waals surface area (Å²) in [5.41, 5.74) is -0.400. The normalized spacial score (nSPS) is 23.0. The van der Waals surface area contributed by atoms with Gasteiger partial charge in [-0.05, 0) is 33.2 Å². The van der Waals surface area contributed by atoms with Crippen molar-refractivity contribution < 1.29 is 9.53 Å². The van der Waals surface area contributed by atoms with Crippen LogP contribution in [0.5, 0.6) is 0 Å². The van der Waals surface area contributed by atoms with Gasteiger partial charge in [-0.15, -0.1) is 0 Å². The van der Waals surface area contributed by atoms with Gasteiger partial charge in [0.1, 0.15) is 5.60 Å². The molecule has 4 heteroatoms. The monoisotopic (exact) mass is 242 g/mol. The molecule has 17 heavy (non-hydrogen) atoms. The van der Waals surface area contributed by atoms with Gasteiger partial charge in [0.05, 0.1) is 6.17 Å². The van der Waals surface area contributed by atoms with Crippen LogP contribution in [0.3, 0.4) is 0 Å². The van der Waals surface area contributed by atoms with E-state index in [2.05, 4.69) is 32.7 Å². The largest absolute Gasteiger partial charge is 0.444 e. The van der Waals surface area contributed by atoms with Crippen LogP contribution < -0.4 is 0 Å². The molecule has 0 aromatic rings. The first-order chi connectivity index (χ1) is 7.52. The maximum absolute atomic E-state index is 12.1. The maximum atomic E-state index is 12.1. The number of rotatable bonds is 0. The smallest absolute Gasteiger partial charge is 0.411 e. The summed E-state index contributed by atoms with van der Waals surface area (Å²) in [5.74, 6) is 0. The lowest BCUT2D eigenvalue weighted by molar-refractivity contribution is -0.00539. The number of likely N-dealkylation sites (N-methyl/N-ethyl adjacent to an activating group) is 1. The van der Waals surface area contributed by atoms with Crippen molar-refractivity contribution in [3.8, 4) is 0 Å². The summed E-state index contributed by atoms with van der Waals surface area (Å²) in [6.07, 6.45) is -0.0980. The Labute approximate surface area is 105 Å². The number of ether oxygens (including phenoxy) is 1. The molecule has 1 fully saturated rings. The van der Waals surface area contributed by atoms with Gasteiger partial charge in [-0.25, -0.2) is 4.79 Å². The first-order valence-electron chi connectivity index (χ1n) is 6.22. The van der Waals surface area contributed by atoms with E-state index in [4.69, 9.17) is 4.74 Å². The SMILES string of the molecule is CN1CCN(C(=O)OC(C)(C)C)[C@H]1C(C)(C)C. The minimum Gasteiger partial charge on any atom is -0.444 e. The zero-order chi connectivity index (χ0) is 13.4. The fourth-order valence-corrected chi connectivity index (χ4v) is 2.39. The van der Waals surface area contributed by atoms with Gasteiger partial charge in [-0.2, -0.15) is 0 Å². The molecule has 0 N–H and O–H groups in total. The summed E-state index contributed by atoms with van der Waals surface area (Å²) in [6.45, 7) is 13.8. The molecule has 0 aromatic heterocycles. The Kier molecular flexibility index (Phi) is 3.77. The summed E-state index contributed by atoms with van der Waals surface area (Å²) in [6, 6.07) is 0. The van der Waals surface area contributed by atoms with Crippen molar-refractivity contribution in [2.75, 3.05) is 20.1 Å². The van der Waals surface area contributed by atoms with Crippen molar-refractivity contribution in [2.24, 2.45) is 5.41 Å². The third-order valence-corrected chi connectivity index (χ3v) is 2.81. The lowest BCUT2D eigenvalue weighted by atomic mass is 9.91. The van der Waals surface area contributed by atoms with E-state index in [-0.39, 0.29) is 17.7 Å². The van der Waals surface area contributed by atoms with E-state index in [0.717, 1.165) is 13.1 Å². The van der Waals surface area contributed by atoms with Crippen LogP contribution in [-0.2, 0) is 4.74 Å². The Hall–Kier alpha value is -0.770. The minimum absolute atomic E-state index is 0.0299. The van der Waals surface area contributed by atoms with Gasteiger partial charge >= 0.3 is 6.09 Å². The van der Waals surface area contributed by atoms with Crippen LogP contribution in [0.4, 0.5) is 4.79 Å². The van der Waals surface area contributed by atoms with Gasteiger partial charge in [0.25, 0.3) is 0 Å². The molecule has 1 rings (SSSR count). The minimum atomic E-state index is -0.430. The highest BCUT2D eigenvalue weighted by molar-refractivity contribution is 5.69. The van der Waals surface area contributed by atoms with E-state index in [1.54, 1.807) is 0 Å². The van der Waals surface area contributed by atoms with Crippen LogP contribution in [0.15, 0.2) is 0 Å². The maximum Gasteiger partial charge on any atom is 0.411 e. The third kappa shape index (κ3) is 3.60. The molecule has 1 saturated heterocycles. The van der Waals surface area contributed by atoms with Crippen LogP contribution in [-0.4, -0.2) is 47.8 Å². The molecule has 100 valence electrons. The predicted molar refractivity (Wildman–Crippen MR) is 68.8 cm³/mol. The standard InChI is InChI=1S/C13H26N2O2/c1-12(2,3)10-14(7)8-9-15(10)11(16)17-13(4,5)6/h10H,8-9H2,1-7H3/t10-/m0/s1. The third-order valence-electron chi connectivity index (χ3n) is 2.81. The first-order valence-corrected chi connectivity index (χ1v) is 6.22. The Morgan fingerprint density at radius 2 is 1.65 bits per heavy atom. The van der Waals surface area contributed by atoms with E-state index >= 15 is 0 Å². The predicted octanol–water partition coefficient (Wildman–Crippen LogP) is 2.54. The fraction of sp³-hybridized carbons (Fsp3) is 0.923. The van der Waals surface area contributed by atoms with Gasteiger partial charge in [0.15, 0.2) is 0 Å². The molecule has 1 aliphatic heterocycles. The number of carbonyl (C=O) groups excluding carboxylic acids is 1. The highest BCUT2D eigenvalue weighted by Crippen LogP contribution is 2.31. The Balaban J connectivity index is 2.80. The summed E-state index contributed by atoms with van der Waals surface area (Å²) in [4.78, 5) is 16.2. The molecule has 0 unspecified atom stereocenters. The second kappa shape index (κ2) is 4.48. The molecule has 1 atom stereocenters. The van der Waals surface area contributed by atoms with Gasteiger partial charge < -0.3 is 4.74 Å². The molecule has 0 saturated carbocycles. The summed E-state index contributed by atoms with van der Waals surface area (Å²) in [7, 11) is 2.06. The highest BCUT2D eigenvalue weighted by Gasteiger charge is 2.42. The lowest BCUT2D eigenvalue weighted by Gasteiger charge is -2.38. The van der Waals surface area contributed by atoms with Gasteiger partial charge in [-0.1, -0.05) is 20.8 Å². The Morgan fingerprint density at radius 3 is 2.06 bits per heavy atom. The average Bonchev–Trinajstić information content (AvgIpc) is 2.42. The van der Waals surface area contributed by atoms with Gasteiger partial charge in [0, 0.05) is 13.1 Å². The molecular formula is C13H26N2O2. The number of hydrogen-bond acceptors (Lipinski definition) is 3. The van der Waals surface area contributed by atoms with Gasteiger partial charge in [0.2, 0.25) is 0 Å². The molecule has 1 aliphatic rings. The Morgan fingerprint density at radius 1 is 1.12 bits per heavy atom. The molecule has 0 aromatic carbocycles. The summed E-state index contributed by atoms with van der Waals surface area (Å²) >= 11 is 0. The number of nitrogens with zero attached hydrogens (tertiary/aromatic N) is 2. The van der Waals surface area contributed by atoms with Crippen LogP contribution in [0.25, 0.3) is 0 Å². The second-order valence-electron chi connectivity index (χ2n) is 6.89. The van der Waals surface area contributed by atoms with Crippen LogP contribution in [0.2, 0.25) is 0 Å². The molecule has 0 spiro atoms. The fourth-order valence-electron chi connectivity index (χ4n) is 2.39. The van der Waals surface area contributed by atoms with Crippen LogP contribution in [0.1, 0.15) is 41.5 Å². The Bertz CT molecular complexity index is 289. The molecular weight excluding hydrogens is 216 g/mol. The first kappa shape index (κ1) is 14.3. The molecule has 0 aliphatic carbocycles. The van der Waals surface area contributed by atoms with Crippen LogP contribution in [0, 0.1) is 5.41 Å². The topological polar surface area (TPSA) is 32.8 Å². The number of amides is 1. The van der Waals surface area contributed by atoms with E-state index in [0.29, 0.717) is 0 Å². The quantitative estimate of drug-likeness (QED) is 0.654. The molecule has 1 heterocycles. The number of hydrogen-bond donors (Lipinski definition) is 0. The molecule has 1 amide bonds. The molecule has 0 bridgehead atoms. The number of carbonyl (C=O) groups is 1. The van der Waals surface area contributed by atoms with Crippen molar-refractivity contribution in [1.82, 2.24) is 9.80 Å². The van der Waals surface area contributed by atoms with Crippen LogP contribution >= 0.6 is 0 Å². The second-order valence-corrected chi connectivity index (χ2v) is 6.89.